The number of aliphatic hydroxyl groups is 1. The topological polar surface area (TPSA) is 158 Å². The lowest BCUT2D eigenvalue weighted by atomic mass is 10.1. The lowest BCUT2D eigenvalue weighted by Gasteiger charge is -2.19. The second-order valence-electron chi connectivity index (χ2n) is 8.74. The van der Waals surface area contributed by atoms with Crippen molar-refractivity contribution in [1.82, 2.24) is 34.5 Å². The molecule has 5 rings (SSSR count). The van der Waals surface area contributed by atoms with E-state index in [4.69, 9.17) is 9.15 Å². The first kappa shape index (κ1) is 25.0. The lowest BCUT2D eigenvalue weighted by Crippen LogP contribution is -2.25. The first-order valence-electron chi connectivity index (χ1n) is 11.9. The fourth-order valence-corrected chi connectivity index (χ4v) is 4.18. The van der Waals surface area contributed by atoms with Crippen molar-refractivity contribution in [3.05, 3.63) is 71.0 Å². The van der Waals surface area contributed by atoms with E-state index >= 15 is 0 Å². The minimum absolute atomic E-state index is 0.0350. The van der Waals surface area contributed by atoms with Crippen LogP contribution in [0.4, 0.5) is 17.6 Å². The number of benzene rings is 1. The van der Waals surface area contributed by atoms with Crippen LogP contribution in [0.3, 0.4) is 0 Å². The molecule has 0 bridgehead atoms. The minimum atomic E-state index is -0.448. The maximum absolute atomic E-state index is 12.9. The Morgan fingerprint density at radius 3 is 2.63 bits per heavy atom. The first-order chi connectivity index (χ1) is 18.5. The van der Waals surface area contributed by atoms with E-state index in [1.165, 1.54) is 18.2 Å². The predicted molar refractivity (Wildman–Crippen MR) is 140 cm³/mol. The summed E-state index contributed by atoms with van der Waals surface area (Å²) < 4.78 is 13.9. The van der Waals surface area contributed by atoms with E-state index in [0.717, 1.165) is 5.56 Å². The number of pyridine rings is 1. The van der Waals surface area contributed by atoms with Gasteiger partial charge in [0.2, 0.25) is 12.3 Å². The van der Waals surface area contributed by atoms with E-state index in [2.05, 4.69) is 35.8 Å². The molecular formula is C25H27N9O4. The van der Waals surface area contributed by atoms with Gasteiger partial charge in [-0.3, -0.25) is 9.48 Å². The second kappa shape index (κ2) is 10.8. The van der Waals surface area contributed by atoms with Crippen LogP contribution in [0.15, 0.2) is 64.3 Å². The average molecular weight is 518 g/mol. The Labute approximate surface area is 217 Å². The van der Waals surface area contributed by atoms with E-state index in [1.54, 1.807) is 23.0 Å². The Kier molecular flexibility index (Phi) is 7.11. The van der Waals surface area contributed by atoms with Gasteiger partial charge in [-0.25, -0.2) is 14.6 Å². The first-order valence-corrected chi connectivity index (χ1v) is 11.9. The summed E-state index contributed by atoms with van der Waals surface area (Å²) in [5, 5.41) is 24.6. The van der Waals surface area contributed by atoms with Gasteiger partial charge in [0.25, 0.3) is 11.4 Å². The van der Waals surface area contributed by atoms with Crippen molar-refractivity contribution in [3.63, 3.8) is 0 Å². The van der Waals surface area contributed by atoms with Crippen molar-refractivity contribution in [2.75, 3.05) is 24.4 Å². The van der Waals surface area contributed by atoms with Crippen molar-refractivity contribution in [3.8, 4) is 11.5 Å². The highest BCUT2D eigenvalue weighted by Gasteiger charge is 2.20. The zero-order valence-electron chi connectivity index (χ0n) is 21.1. The van der Waals surface area contributed by atoms with Gasteiger partial charge in [-0.05, 0) is 31.5 Å². The molecule has 0 fully saturated rings. The molecule has 1 aromatic carbocycles. The molecule has 38 heavy (non-hydrogen) atoms. The van der Waals surface area contributed by atoms with Gasteiger partial charge in [0, 0.05) is 19.3 Å². The second-order valence-corrected chi connectivity index (χ2v) is 8.74. The van der Waals surface area contributed by atoms with E-state index < -0.39 is 6.04 Å². The molecule has 0 saturated heterocycles. The van der Waals surface area contributed by atoms with E-state index in [-0.39, 0.29) is 36.8 Å². The number of aromatic nitrogens is 7. The van der Waals surface area contributed by atoms with Crippen LogP contribution in [0.5, 0.6) is 0 Å². The Morgan fingerprint density at radius 1 is 1.13 bits per heavy atom. The standard InChI is InChI=1S/C25H27N9O4/c1-15(2)34-22-17(24(36)33(34)14-37-3)9-10-20(29-22)30-25-26-11-18(23-32-27-13-38-23)21(31-25)28-19(12-35)16-7-5-4-6-8-16/h4-11,13,15,19,35H,12,14H2,1-3H3,(H2,26,28,29,30,31)/t19-/m1/s1. The van der Waals surface area contributed by atoms with Crippen molar-refractivity contribution in [2.24, 2.45) is 0 Å². The molecule has 5 aromatic rings. The summed E-state index contributed by atoms with van der Waals surface area (Å²) in [6.07, 6.45) is 2.76. The molecule has 196 valence electrons. The summed E-state index contributed by atoms with van der Waals surface area (Å²) in [6.45, 7) is 3.87. The molecule has 0 unspecified atom stereocenters. The number of nitrogens with one attached hydrogen (secondary N) is 2. The molecule has 4 heterocycles. The molecule has 0 amide bonds. The summed E-state index contributed by atoms with van der Waals surface area (Å²) in [5.41, 5.74) is 1.67. The molecule has 1 atom stereocenters. The highest BCUT2D eigenvalue weighted by atomic mass is 16.5. The van der Waals surface area contributed by atoms with Crippen molar-refractivity contribution >= 4 is 28.6 Å². The zero-order chi connectivity index (χ0) is 26.6. The fraction of sp³-hybridized carbons (Fsp3) is 0.280. The summed E-state index contributed by atoms with van der Waals surface area (Å²) >= 11 is 0. The normalized spacial score (nSPS) is 12.2. The number of fused-ring (bicyclic) bond motifs is 1. The van der Waals surface area contributed by atoms with Gasteiger partial charge in [-0.1, -0.05) is 30.3 Å². The SMILES string of the molecule is COCn1c(=O)c2ccc(Nc3ncc(-c4nnco4)c(N[C@H](CO)c4ccccc4)n3)nc2n1C(C)C. The van der Waals surface area contributed by atoms with Gasteiger partial charge < -0.3 is 24.9 Å². The maximum Gasteiger partial charge on any atom is 0.278 e. The molecule has 0 aliphatic carbocycles. The molecule has 13 heteroatoms. The van der Waals surface area contributed by atoms with E-state index in [0.29, 0.717) is 28.2 Å². The van der Waals surface area contributed by atoms with Gasteiger partial charge in [-0.2, -0.15) is 4.98 Å². The number of ether oxygens (including phenoxy) is 1. The van der Waals surface area contributed by atoms with Crippen molar-refractivity contribution in [1.29, 1.82) is 0 Å². The predicted octanol–water partition coefficient (Wildman–Crippen LogP) is 3.11. The number of rotatable bonds is 10. The smallest absolute Gasteiger partial charge is 0.278 e. The van der Waals surface area contributed by atoms with Gasteiger partial charge in [-0.15, -0.1) is 10.2 Å². The van der Waals surface area contributed by atoms with Crippen LogP contribution in [0, 0.1) is 0 Å². The Hall–Kier alpha value is -4.62. The number of aliphatic hydroxyl groups excluding tert-OH is 1. The zero-order valence-corrected chi connectivity index (χ0v) is 21.1. The molecule has 0 aliphatic rings. The third-order valence-electron chi connectivity index (χ3n) is 5.87. The molecular weight excluding hydrogens is 490 g/mol. The minimum Gasteiger partial charge on any atom is -0.423 e. The number of hydrogen-bond acceptors (Lipinski definition) is 11. The van der Waals surface area contributed by atoms with Crippen LogP contribution in [-0.2, 0) is 11.5 Å². The lowest BCUT2D eigenvalue weighted by molar-refractivity contribution is 0.103. The van der Waals surface area contributed by atoms with Crippen LogP contribution in [0.2, 0.25) is 0 Å². The van der Waals surface area contributed by atoms with Gasteiger partial charge >= 0.3 is 0 Å². The molecule has 13 nitrogen and oxygen atoms in total. The number of nitrogens with zero attached hydrogens (tertiary/aromatic N) is 7. The monoisotopic (exact) mass is 517 g/mol. The number of methoxy groups -OCH3 is 1. The van der Waals surface area contributed by atoms with E-state index in [9.17, 15) is 9.90 Å². The summed E-state index contributed by atoms with van der Waals surface area (Å²) in [6, 6.07) is 12.4. The van der Waals surface area contributed by atoms with Crippen molar-refractivity contribution < 1.29 is 14.3 Å². The Bertz CT molecular complexity index is 1580. The van der Waals surface area contributed by atoms with Gasteiger partial charge in [0.15, 0.2) is 5.65 Å². The highest BCUT2D eigenvalue weighted by Crippen LogP contribution is 2.29. The van der Waals surface area contributed by atoms with Crippen LogP contribution < -0.4 is 16.2 Å². The third-order valence-corrected chi connectivity index (χ3v) is 5.87. The van der Waals surface area contributed by atoms with Crippen LogP contribution in [0.25, 0.3) is 22.5 Å². The molecule has 4 aromatic heterocycles. The quantitative estimate of drug-likeness (QED) is 0.250. The van der Waals surface area contributed by atoms with Crippen LogP contribution in [0.1, 0.15) is 31.5 Å². The average Bonchev–Trinajstić information content (AvgIpc) is 3.55. The molecule has 0 aliphatic heterocycles. The summed E-state index contributed by atoms with van der Waals surface area (Å²) in [7, 11) is 1.54. The Morgan fingerprint density at radius 2 is 1.95 bits per heavy atom. The molecule has 0 radical (unpaired) electrons. The van der Waals surface area contributed by atoms with Crippen LogP contribution >= 0.6 is 0 Å². The van der Waals surface area contributed by atoms with Crippen molar-refractivity contribution in [2.45, 2.75) is 32.7 Å². The molecule has 0 saturated carbocycles. The van der Waals surface area contributed by atoms with Crippen LogP contribution in [-0.4, -0.2) is 53.3 Å². The molecule has 0 spiro atoms. The number of anilines is 3. The molecule has 3 N–H and O–H groups in total. The summed E-state index contributed by atoms with van der Waals surface area (Å²) in [5.74, 6) is 1.28. The van der Waals surface area contributed by atoms with Gasteiger partial charge in [0.1, 0.15) is 18.4 Å². The van der Waals surface area contributed by atoms with Gasteiger partial charge in [0.05, 0.1) is 23.6 Å². The highest BCUT2D eigenvalue weighted by molar-refractivity contribution is 5.77. The Balaban J connectivity index is 1.52. The van der Waals surface area contributed by atoms with E-state index in [1.807, 2.05) is 44.2 Å². The summed E-state index contributed by atoms with van der Waals surface area (Å²) in [4.78, 5) is 26.6. The fourth-order valence-electron chi connectivity index (χ4n) is 4.18. The maximum atomic E-state index is 12.9. The number of hydrogen-bond donors (Lipinski definition) is 3. The third kappa shape index (κ3) is 4.84. The largest absolute Gasteiger partial charge is 0.423 e.